The summed E-state index contributed by atoms with van der Waals surface area (Å²) in [6.45, 7) is 4.45. The zero-order chi connectivity index (χ0) is 15.5. The van der Waals surface area contributed by atoms with Crippen molar-refractivity contribution in [3.63, 3.8) is 0 Å². The summed E-state index contributed by atoms with van der Waals surface area (Å²) >= 11 is 0. The van der Waals surface area contributed by atoms with E-state index in [4.69, 9.17) is 4.74 Å². The van der Waals surface area contributed by atoms with Crippen LogP contribution in [-0.2, 0) is 16.0 Å². The van der Waals surface area contributed by atoms with Crippen LogP contribution < -0.4 is 5.32 Å². The average molecular weight is 303 g/mol. The first-order chi connectivity index (χ1) is 10.6. The van der Waals surface area contributed by atoms with Gasteiger partial charge >= 0.3 is 6.03 Å². The van der Waals surface area contributed by atoms with Gasteiger partial charge in [-0.2, -0.15) is 0 Å². The summed E-state index contributed by atoms with van der Waals surface area (Å²) in [6.07, 6.45) is 0.663. The maximum absolute atomic E-state index is 12.5. The molecule has 118 valence electrons. The summed E-state index contributed by atoms with van der Waals surface area (Å²) in [5.74, 6) is -0.145. The lowest BCUT2D eigenvalue weighted by Gasteiger charge is -2.32. The summed E-state index contributed by atoms with van der Waals surface area (Å²) in [4.78, 5) is 27.9. The summed E-state index contributed by atoms with van der Waals surface area (Å²) in [5.41, 5.74) is 1.04. The van der Waals surface area contributed by atoms with Gasteiger partial charge in [-0.15, -0.1) is 0 Å². The largest absolute Gasteiger partial charge is 0.376 e. The van der Waals surface area contributed by atoms with Crippen LogP contribution >= 0.6 is 0 Å². The van der Waals surface area contributed by atoms with Crippen LogP contribution in [0, 0.1) is 0 Å². The molecule has 0 radical (unpaired) electrons. The van der Waals surface area contributed by atoms with Gasteiger partial charge in [0.05, 0.1) is 19.4 Å². The van der Waals surface area contributed by atoms with Gasteiger partial charge in [0.15, 0.2) is 0 Å². The topological polar surface area (TPSA) is 61.9 Å². The number of ether oxygens (including phenoxy) is 1. The van der Waals surface area contributed by atoms with Crippen LogP contribution in [0.2, 0.25) is 0 Å². The highest BCUT2D eigenvalue weighted by Gasteiger charge is 2.39. The molecule has 1 aromatic rings. The summed E-state index contributed by atoms with van der Waals surface area (Å²) in [7, 11) is 0. The smallest absolute Gasteiger partial charge is 0.325 e. The average Bonchev–Trinajstić information content (AvgIpc) is 2.76. The molecule has 2 aliphatic rings. The molecule has 0 aliphatic carbocycles. The summed E-state index contributed by atoms with van der Waals surface area (Å²) < 4.78 is 5.48. The van der Waals surface area contributed by atoms with E-state index in [2.05, 4.69) is 10.2 Å². The number of carbonyl (C=O) groups excluding carboxylic acids is 2. The quantitative estimate of drug-likeness (QED) is 0.837. The van der Waals surface area contributed by atoms with Gasteiger partial charge in [0.1, 0.15) is 6.04 Å². The van der Waals surface area contributed by atoms with Crippen LogP contribution in [0.1, 0.15) is 12.5 Å². The van der Waals surface area contributed by atoms with Crippen molar-refractivity contribution in [2.75, 3.05) is 26.4 Å². The van der Waals surface area contributed by atoms with Gasteiger partial charge in [-0.1, -0.05) is 30.3 Å². The van der Waals surface area contributed by atoms with E-state index in [9.17, 15) is 9.59 Å². The number of hydrogen-bond acceptors (Lipinski definition) is 4. The highest BCUT2D eigenvalue weighted by atomic mass is 16.5. The van der Waals surface area contributed by atoms with E-state index < -0.39 is 6.04 Å². The van der Waals surface area contributed by atoms with Gasteiger partial charge in [-0.05, 0) is 12.5 Å². The van der Waals surface area contributed by atoms with E-state index in [1.54, 1.807) is 0 Å². The van der Waals surface area contributed by atoms with Crippen molar-refractivity contribution < 1.29 is 14.3 Å². The molecule has 1 aromatic carbocycles. The molecule has 0 spiro atoms. The molecule has 2 atom stereocenters. The summed E-state index contributed by atoms with van der Waals surface area (Å²) in [5, 5.41) is 2.78. The minimum atomic E-state index is -0.464. The molecule has 0 saturated carbocycles. The molecule has 1 N–H and O–H groups in total. The molecule has 6 heteroatoms. The van der Waals surface area contributed by atoms with Gasteiger partial charge in [0.2, 0.25) is 0 Å². The lowest BCUT2D eigenvalue weighted by atomic mass is 10.1. The number of amides is 3. The van der Waals surface area contributed by atoms with Crippen LogP contribution in [0.15, 0.2) is 30.3 Å². The fourth-order valence-corrected chi connectivity index (χ4v) is 2.92. The molecule has 3 amide bonds. The third kappa shape index (κ3) is 3.28. The molecule has 3 rings (SSSR count). The van der Waals surface area contributed by atoms with Crippen molar-refractivity contribution in [3.8, 4) is 0 Å². The first kappa shape index (κ1) is 15.0. The van der Waals surface area contributed by atoms with E-state index >= 15 is 0 Å². The Morgan fingerprint density at radius 3 is 2.77 bits per heavy atom. The Bertz CT molecular complexity index is 549. The second kappa shape index (κ2) is 6.46. The molecule has 2 saturated heterocycles. The Labute approximate surface area is 130 Å². The number of nitrogens with zero attached hydrogens (tertiary/aromatic N) is 2. The lowest BCUT2D eigenvalue weighted by Crippen LogP contribution is -2.48. The number of imide groups is 1. The van der Waals surface area contributed by atoms with Crippen molar-refractivity contribution in [1.29, 1.82) is 0 Å². The van der Waals surface area contributed by atoms with Crippen molar-refractivity contribution in [2.45, 2.75) is 25.5 Å². The monoisotopic (exact) mass is 303 g/mol. The van der Waals surface area contributed by atoms with Gasteiger partial charge in [-0.3, -0.25) is 9.69 Å². The second-order valence-electron chi connectivity index (χ2n) is 5.86. The van der Waals surface area contributed by atoms with Crippen LogP contribution in [0.4, 0.5) is 4.79 Å². The lowest BCUT2D eigenvalue weighted by molar-refractivity contribution is -0.130. The Kier molecular flexibility index (Phi) is 4.40. The fraction of sp³-hybridized carbons (Fsp3) is 0.500. The van der Waals surface area contributed by atoms with Gasteiger partial charge in [0.25, 0.3) is 5.91 Å². The highest BCUT2D eigenvalue weighted by Crippen LogP contribution is 2.14. The molecule has 22 heavy (non-hydrogen) atoms. The van der Waals surface area contributed by atoms with E-state index in [1.807, 2.05) is 37.3 Å². The Morgan fingerprint density at radius 1 is 1.27 bits per heavy atom. The molecule has 2 heterocycles. The minimum absolute atomic E-state index is 0.134. The van der Waals surface area contributed by atoms with Crippen LogP contribution in [0.25, 0.3) is 0 Å². The SMILES string of the molecule is C[C@@H]1CN(CN2C(=O)N[C@H](Cc3ccccc3)C2=O)CCO1. The zero-order valence-electron chi connectivity index (χ0n) is 12.7. The van der Waals surface area contributed by atoms with E-state index in [0.717, 1.165) is 18.7 Å². The summed E-state index contributed by atoms with van der Waals surface area (Å²) in [6, 6.07) is 8.97. The van der Waals surface area contributed by atoms with Crippen LogP contribution in [-0.4, -0.2) is 60.2 Å². The zero-order valence-corrected chi connectivity index (χ0v) is 12.7. The maximum atomic E-state index is 12.5. The van der Waals surface area contributed by atoms with Crippen molar-refractivity contribution in [3.05, 3.63) is 35.9 Å². The minimum Gasteiger partial charge on any atom is -0.376 e. The number of rotatable bonds is 4. The first-order valence-corrected chi connectivity index (χ1v) is 7.63. The molecular formula is C16H21N3O3. The maximum Gasteiger partial charge on any atom is 0.325 e. The molecule has 2 fully saturated rings. The van der Waals surface area contributed by atoms with Gasteiger partial charge < -0.3 is 10.1 Å². The Hall–Kier alpha value is -1.92. The van der Waals surface area contributed by atoms with E-state index in [0.29, 0.717) is 19.7 Å². The molecule has 6 nitrogen and oxygen atoms in total. The molecule has 2 aliphatic heterocycles. The van der Waals surface area contributed by atoms with Crippen molar-refractivity contribution >= 4 is 11.9 Å². The van der Waals surface area contributed by atoms with E-state index in [-0.39, 0.29) is 18.0 Å². The first-order valence-electron chi connectivity index (χ1n) is 7.63. The van der Waals surface area contributed by atoms with E-state index in [1.165, 1.54) is 4.90 Å². The fourth-order valence-electron chi connectivity index (χ4n) is 2.92. The molecule has 0 aromatic heterocycles. The van der Waals surface area contributed by atoms with Crippen molar-refractivity contribution in [2.24, 2.45) is 0 Å². The standard InChI is InChI=1S/C16H21N3O3/c1-12-10-18(7-8-22-12)11-19-15(20)14(17-16(19)21)9-13-5-3-2-4-6-13/h2-6,12,14H,7-11H2,1H3,(H,17,21)/t12-,14-/m1/s1. The number of nitrogens with one attached hydrogen (secondary N) is 1. The normalized spacial score (nSPS) is 26.3. The second-order valence-corrected chi connectivity index (χ2v) is 5.86. The van der Waals surface area contributed by atoms with Crippen LogP contribution in [0.5, 0.6) is 0 Å². The highest BCUT2D eigenvalue weighted by molar-refractivity contribution is 6.04. The Morgan fingerprint density at radius 2 is 2.05 bits per heavy atom. The molecular weight excluding hydrogens is 282 g/mol. The predicted molar refractivity (Wildman–Crippen MR) is 81.2 cm³/mol. The van der Waals surface area contributed by atoms with Crippen molar-refractivity contribution in [1.82, 2.24) is 15.1 Å². The third-order valence-electron chi connectivity index (χ3n) is 4.06. The third-order valence-corrected chi connectivity index (χ3v) is 4.06. The number of carbonyl (C=O) groups is 2. The van der Waals surface area contributed by atoms with Gasteiger partial charge in [-0.25, -0.2) is 9.69 Å². The molecule has 0 bridgehead atoms. The number of benzene rings is 1. The van der Waals surface area contributed by atoms with Crippen LogP contribution in [0.3, 0.4) is 0 Å². The van der Waals surface area contributed by atoms with Gasteiger partial charge in [0, 0.05) is 19.5 Å². The Balaban J connectivity index is 1.61. The number of morpholine rings is 1. The molecule has 0 unspecified atom stereocenters. The number of hydrogen-bond donors (Lipinski definition) is 1. The number of urea groups is 1. The predicted octanol–water partition coefficient (Wildman–Crippen LogP) is 0.828.